The summed E-state index contributed by atoms with van der Waals surface area (Å²) in [6.45, 7) is 3.86. The Labute approximate surface area is 178 Å². The van der Waals surface area contributed by atoms with Gasteiger partial charge in [-0.05, 0) is 92.4 Å². The minimum Gasteiger partial charge on any atom is -0.338 e. The Morgan fingerprint density at radius 2 is 1.79 bits per heavy atom. The first-order valence-corrected chi connectivity index (χ1v) is 11.2. The van der Waals surface area contributed by atoms with Gasteiger partial charge in [0.2, 0.25) is 0 Å². The molecule has 4 nitrogen and oxygen atoms in total. The third kappa shape index (κ3) is 5.52. The second-order valence-corrected chi connectivity index (χ2v) is 8.77. The minimum absolute atomic E-state index is 0.0763. The van der Waals surface area contributed by atoms with Crippen LogP contribution in [0.25, 0.3) is 0 Å². The number of benzene rings is 2. The van der Waals surface area contributed by atoms with Gasteiger partial charge in [0.05, 0.1) is 0 Å². The van der Waals surface area contributed by atoms with E-state index in [1.54, 1.807) is 0 Å². The SMILES string of the molecule is O=C(NCC1CCN(Cc2ccc(Cl)cc2)CC1)Nc1cccc2c1CCCC2. The Kier molecular flexibility index (Phi) is 6.73. The summed E-state index contributed by atoms with van der Waals surface area (Å²) >= 11 is 5.97. The number of fused-ring (bicyclic) bond motifs is 1. The fourth-order valence-corrected chi connectivity index (χ4v) is 4.62. The molecule has 0 spiro atoms. The lowest BCUT2D eigenvalue weighted by atomic mass is 9.90. The third-order valence-corrected chi connectivity index (χ3v) is 6.47. The van der Waals surface area contributed by atoms with Crippen molar-refractivity contribution in [1.82, 2.24) is 10.2 Å². The largest absolute Gasteiger partial charge is 0.338 e. The maximum absolute atomic E-state index is 12.4. The van der Waals surface area contributed by atoms with Crippen LogP contribution in [0.2, 0.25) is 5.02 Å². The smallest absolute Gasteiger partial charge is 0.319 e. The molecule has 5 heteroatoms. The normalized spacial score (nSPS) is 17.6. The molecule has 2 aromatic carbocycles. The van der Waals surface area contributed by atoms with E-state index in [1.165, 1.54) is 29.5 Å². The van der Waals surface area contributed by atoms with Crippen LogP contribution >= 0.6 is 11.6 Å². The third-order valence-electron chi connectivity index (χ3n) is 6.22. The Balaban J connectivity index is 1.20. The highest BCUT2D eigenvalue weighted by molar-refractivity contribution is 6.30. The number of halogens is 1. The summed E-state index contributed by atoms with van der Waals surface area (Å²) in [6, 6.07) is 14.3. The molecule has 0 radical (unpaired) electrons. The fraction of sp³-hybridized carbons (Fsp3) is 0.458. The van der Waals surface area contributed by atoms with Crippen LogP contribution in [0.5, 0.6) is 0 Å². The summed E-state index contributed by atoms with van der Waals surface area (Å²) in [5, 5.41) is 6.96. The van der Waals surface area contributed by atoms with Crippen LogP contribution in [-0.4, -0.2) is 30.6 Å². The standard InChI is InChI=1S/C24H30ClN3O/c25-21-10-8-19(9-11-21)17-28-14-12-18(13-15-28)16-26-24(29)27-23-7-3-5-20-4-1-2-6-22(20)23/h3,5,7-11,18H,1-2,4,6,12-17H2,(H2,26,27,29). The van der Waals surface area contributed by atoms with Crippen LogP contribution in [0.1, 0.15) is 42.4 Å². The Bertz CT molecular complexity index is 829. The van der Waals surface area contributed by atoms with Gasteiger partial charge in [-0.25, -0.2) is 4.79 Å². The molecule has 2 N–H and O–H groups in total. The molecule has 29 heavy (non-hydrogen) atoms. The topological polar surface area (TPSA) is 44.4 Å². The summed E-state index contributed by atoms with van der Waals surface area (Å²) in [7, 11) is 0. The average molecular weight is 412 g/mol. The number of hydrogen-bond donors (Lipinski definition) is 2. The Morgan fingerprint density at radius 3 is 2.59 bits per heavy atom. The maximum atomic E-state index is 12.4. The molecule has 0 aromatic heterocycles. The molecule has 1 fully saturated rings. The molecule has 1 heterocycles. The average Bonchev–Trinajstić information content (AvgIpc) is 2.75. The number of carbonyl (C=O) groups excluding carboxylic acids is 1. The number of urea groups is 1. The highest BCUT2D eigenvalue weighted by atomic mass is 35.5. The van der Waals surface area contributed by atoms with E-state index in [9.17, 15) is 4.79 Å². The summed E-state index contributed by atoms with van der Waals surface area (Å²) in [5.74, 6) is 0.548. The van der Waals surface area contributed by atoms with Crippen molar-refractivity contribution in [2.75, 3.05) is 25.0 Å². The number of piperidine rings is 1. The lowest BCUT2D eigenvalue weighted by Gasteiger charge is -2.32. The molecule has 2 amide bonds. The number of amides is 2. The van der Waals surface area contributed by atoms with E-state index in [-0.39, 0.29) is 6.03 Å². The first-order valence-electron chi connectivity index (χ1n) is 10.8. The van der Waals surface area contributed by atoms with E-state index in [4.69, 9.17) is 11.6 Å². The molecular formula is C24H30ClN3O. The monoisotopic (exact) mass is 411 g/mol. The molecule has 0 bridgehead atoms. The van der Waals surface area contributed by atoms with E-state index in [0.717, 1.165) is 62.6 Å². The zero-order valence-electron chi connectivity index (χ0n) is 16.9. The lowest BCUT2D eigenvalue weighted by molar-refractivity contribution is 0.175. The summed E-state index contributed by atoms with van der Waals surface area (Å²) < 4.78 is 0. The van der Waals surface area contributed by atoms with Gasteiger partial charge >= 0.3 is 6.03 Å². The van der Waals surface area contributed by atoms with Crippen molar-refractivity contribution in [3.05, 3.63) is 64.2 Å². The molecule has 0 unspecified atom stereocenters. The quantitative estimate of drug-likeness (QED) is 0.705. The van der Waals surface area contributed by atoms with Crippen molar-refractivity contribution in [2.45, 2.75) is 45.1 Å². The number of likely N-dealkylation sites (tertiary alicyclic amines) is 1. The molecule has 1 aliphatic heterocycles. The second kappa shape index (κ2) is 9.64. The van der Waals surface area contributed by atoms with E-state index in [2.05, 4.69) is 39.8 Å². The zero-order chi connectivity index (χ0) is 20.1. The van der Waals surface area contributed by atoms with Gasteiger partial charge in [-0.1, -0.05) is 35.9 Å². The minimum atomic E-state index is -0.0763. The van der Waals surface area contributed by atoms with Crippen LogP contribution in [-0.2, 0) is 19.4 Å². The van der Waals surface area contributed by atoms with Gasteiger partial charge < -0.3 is 10.6 Å². The number of aryl methyl sites for hydroxylation is 1. The number of carbonyl (C=O) groups is 1. The molecule has 0 atom stereocenters. The first-order chi connectivity index (χ1) is 14.2. The predicted molar refractivity (Wildman–Crippen MR) is 120 cm³/mol. The summed E-state index contributed by atoms with van der Waals surface area (Å²) in [6.07, 6.45) is 6.89. The van der Waals surface area contributed by atoms with Gasteiger partial charge in [-0.15, -0.1) is 0 Å². The lowest BCUT2D eigenvalue weighted by Crippen LogP contribution is -2.39. The van der Waals surface area contributed by atoms with Gasteiger partial charge in [-0.2, -0.15) is 0 Å². The van der Waals surface area contributed by atoms with Crippen LogP contribution in [0, 0.1) is 5.92 Å². The second-order valence-electron chi connectivity index (χ2n) is 8.33. The van der Waals surface area contributed by atoms with E-state index >= 15 is 0 Å². The molecule has 2 aliphatic rings. The maximum Gasteiger partial charge on any atom is 0.319 e. The van der Waals surface area contributed by atoms with Gasteiger partial charge in [0.1, 0.15) is 0 Å². The van der Waals surface area contributed by atoms with Crippen molar-refractivity contribution >= 4 is 23.3 Å². The van der Waals surface area contributed by atoms with Crippen molar-refractivity contribution in [1.29, 1.82) is 0 Å². The summed E-state index contributed by atoms with van der Waals surface area (Å²) in [5.41, 5.74) is 5.00. The molecule has 0 saturated carbocycles. The number of nitrogens with one attached hydrogen (secondary N) is 2. The van der Waals surface area contributed by atoms with Gasteiger partial charge in [0, 0.05) is 23.8 Å². The first kappa shape index (κ1) is 20.2. The molecule has 4 rings (SSSR count). The molecule has 2 aromatic rings. The van der Waals surface area contributed by atoms with E-state index < -0.39 is 0 Å². The van der Waals surface area contributed by atoms with Crippen LogP contribution in [0.3, 0.4) is 0 Å². The highest BCUT2D eigenvalue weighted by Gasteiger charge is 2.20. The van der Waals surface area contributed by atoms with Crippen molar-refractivity contribution in [3.8, 4) is 0 Å². The van der Waals surface area contributed by atoms with Gasteiger partial charge in [0.15, 0.2) is 0 Å². The summed E-state index contributed by atoms with van der Waals surface area (Å²) in [4.78, 5) is 14.9. The van der Waals surface area contributed by atoms with Gasteiger partial charge in [0.25, 0.3) is 0 Å². The van der Waals surface area contributed by atoms with Crippen LogP contribution in [0.15, 0.2) is 42.5 Å². The number of nitrogens with zero attached hydrogens (tertiary/aromatic N) is 1. The van der Waals surface area contributed by atoms with Crippen molar-refractivity contribution in [2.24, 2.45) is 5.92 Å². The molecular weight excluding hydrogens is 382 g/mol. The van der Waals surface area contributed by atoms with Crippen molar-refractivity contribution < 1.29 is 4.79 Å². The highest BCUT2D eigenvalue weighted by Crippen LogP contribution is 2.27. The fourth-order valence-electron chi connectivity index (χ4n) is 4.50. The molecule has 1 aliphatic carbocycles. The number of anilines is 1. The molecule has 154 valence electrons. The van der Waals surface area contributed by atoms with Crippen molar-refractivity contribution in [3.63, 3.8) is 0 Å². The molecule has 1 saturated heterocycles. The number of rotatable bonds is 5. The number of hydrogen-bond acceptors (Lipinski definition) is 2. The zero-order valence-corrected chi connectivity index (χ0v) is 17.7. The van der Waals surface area contributed by atoms with E-state index in [1.807, 2.05) is 18.2 Å². The Morgan fingerprint density at radius 1 is 1.03 bits per heavy atom. The Hall–Kier alpha value is -2.04. The van der Waals surface area contributed by atoms with Crippen LogP contribution in [0.4, 0.5) is 10.5 Å². The van der Waals surface area contributed by atoms with Gasteiger partial charge in [-0.3, -0.25) is 4.90 Å². The van der Waals surface area contributed by atoms with Crippen LogP contribution < -0.4 is 10.6 Å². The predicted octanol–water partition coefficient (Wildman–Crippen LogP) is 5.25. The van der Waals surface area contributed by atoms with E-state index in [0.29, 0.717) is 5.92 Å².